The standard InChI is InChI=1S/C13H13N3O4S2/c1-15-6-7(5-14-15)4-8-10(18)16-9(12(19)20)13(21-3-2-17)22-11(8)16/h4-6,11,17H,2-3H2,1H3,(H,19,20)/b8-4-. The zero-order valence-corrected chi connectivity index (χ0v) is 13.2. The van der Waals surface area contributed by atoms with Crippen LogP contribution in [-0.2, 0) is 16.6 Å². The molecule has 1 unspecified atom stereocenters. The van der Waals surface area contributed by atoms with Crippen molar-refractivity contribution in [2.24, 2.45) is 7.05 Å². The summed E-state index contributed by atoms with van der Waals surface area (Å²) in [6, 6.07) is 0. The second-order valence-electron chi connectivity index (χ2n) is 4.71. The highest BCUT2D eigenvalue weighted by atomic mass is 32.2. The molecule has 0 aliphatic carbocycles. The molecule has 0 radical (unpaired) electrons. The molecule has 1 aromatic heterocycles. The largest absolute Gasteiger partial charge is 0.477 e. The van der Waals surface area contributed by atoms with Gasteiger partial charge in [0.1, 0.15) is 5.37 Å². The molecular formula is C13H13N3O4S2. The molecule has 2 aliphatic heterocycles. The van der Waals surface area contributed by atoms with E-state index in [9.17, 15) is 14.7 Å². The number of carbonyl (C=O) groups is 2. The van der Waals surface area contributed by atoms with E-state index in [4.69, 9.17) is 5.11 Å². The zero-order chi connectivity index (χ0) is 15.9. The van der Waals surface area contributed by atoms with Gasteiger partial charge >= 0.3 is 5.97 Å². The van der Waals surface area contributed by atoms with Crippen LogP contribution in [0.15, 0.2) is 27.9 Å². The molecule has 9 heteroatoms. The summed E-state index contributed by atoms with van der Waals surface area (Å²) < 4.78 is 2.20. The number of amides is 1. The molecule has 0 saturated carbocycles. The van der Waals surface area contributed by atoms with Gasteiger partial charge < -0.3 is 10.2 Å². The number of carboxylic acids is 1. The maximum atomic E-state index is 12.2. The first-order valence-electron chi connectivity index (χ1n) is 6.44. The second kappa shape index (κ2) is 5.82. The second-order valence-corrected chi connectivity index (χ2v) is 7.16. The molecule has 22 heavy (non-hydrogen) atoms. The third kappa shape index (κ3) is 2.44. The zero-order valence-electron chi connectivity index (χ0n) is 11.6. The fraction of sp³-hybridized carbons (Fsp3) is 0.308. The van der Waals surface area contributed by atoms with Gasteiger partial charge in [-0.1, -0.05) is 11.8 Å². The van der Waals surface area contributed by atoms with Crippen molar-refractivity contribution >= 4 is 41.5 Å². The summed E-state index contributed by atoms with van der Waals surface area (Å²) in [5, 5.41) is 22.0. The number of aliphatic carboxylic acids is 1. The van der Waals surface area contributed by atoms with Gasteiger partial charge in [0.05, 0.1) is 22.6 Å². The molecule has 2 N–H and O–H groups in total. The molecular weight excluding hydrogens is 326 g/mol. The van der Waals surface area contributed by atoms with Gasteiger partial charge in [0.15, 0.2) is 5.70 Å². The number of aromatic nitrogens is 2. The van der Waals surface area contributed by atoms with Crippen molar-refractivity contribution in [3.05, 3.63) is 33.5 Å². The van der Waals surface area contributed by atoms with E-state index in [-0.39, 0.29) is 23.6 Å². The van der Waals surface area contributed by atoms with Crippen LogP contribution < -0.4 is 0 Å². The molecule has 1 saturated heterocycles. The Morgan fingerprint density at radius 2 is 2.36 bits per heavy atom. The highest BCUT2D eigenvalue weighted by Crippen LogP contribution is 2.52. The Kier molecular flexibility index (Phi) is 4.02. The first kappa shape index (κ1) is 15.2. The van der Waals surface area contributed by atoms with E-state index in [0.29, 0.717) is 15.6 Å². The number of hydrogen-bond donors (Lipinski definition) is 2. The van der Waals surface area contributed by atoms with Crippen LogP contribution in [-0.4, -0.2) is 54.5 Å². The Balaban J connectivity index is 1.86. The predicted octanol–water partition coefficient (Wildman–Crippen LogP) is 0.698. The molecule has 0 spiro atoms. The van der Waals surface area contributed by atoms with Crippen LogP contribution in [0, 0.1) is 0 Å². The Morgan fingerprint density at radius 3 is 2.95 bits per heavy atom. The molecule has 1 atom stereocenters. The summed E-state index contributed by atoms with van der Waals surface area (Å²) in [5.74, 6) is -1.02. The highest BCUT2D eigenvalue weighted by molar-refractivity contribution is 8.22. The van der Waals surface area contributed by atoms with Gasteiger partial charge in [-0.2, -0.15) is 5.10 Å². The van der Waals surface area contributed by atoms with Crippen LogP contribution in [0.25, 0.3) is 6.08 Å². The summed E-state index contributed by atoms with van der Waals surface area (Å²) in [7, 11) is 1.79. The summed E-state index contributed by atoms with van der Waals surface area (Å²) in [6.07, 6.45) is 5.17. The van der Waals surface area contributed by atoms with Gasteiger partial charge in [0.2, 0.25) is 0 Å². The van der Waals surface area contributed by atoms with E-state index in [1.807, 2.05) is 0 Å². The van der Waals surface area contributed by atoms with Gasteiger partial charge in [-0.3, -0.25) is 14.4 Å². The Morgan fingerprint density at radius 1 is 1.59 bits per heavy atom. The Bertz CT molecular complexity index is 710. The number of β-lactam (4-membered cyclic amide) rings is 1. The molecule has 3 rings (SSSR count). The number of thioether (sulfide) groups is 2. The molecule has 2 aliphatic rings. The Hall–Kier alpha value is -1.71. The lowest BCUT2D eigenvalue weighted by Gasteiger charge is -2.36. The van der Waals surface area contributed by atoms with E-state index >= 15 is 0 Å². The van der Waals surface area contributed by atoms with Crippen LogP contribution in [0.3, 0.4) is 0 Å². The first-order chi connectivity index (χ1) is 10.5. The van der Waals surface area contributed by atoms with E-state index in [1.165, 1.54) is 28.4 Å². The monoisotopic (exact) mass is 339 g/mol. The fourth-order valence-electron chi connectivity index (χ4n) is 2.27. The third-order valence-corrected chi connectivity index (χ3v) is 5.77. The van der Waals surface area contributed by atoms with E-state index in [2.05, 4.69) is 5.10 Å². The summed E-state index contributed by atoms with van der Waals surface area (Å²) in [4.78, 5) is 25.0. The van der Waals surface area contributed by atoms with Crippen molar-refractivity contribution in [1.29, 1.82) is 0 Å². The van der Waals surface area contributed by atoms with Gasteiger partial charge in [-0.25, -0.2) is 4.79 Å². The van der Waals surface area contributed by atoms with Crippen molar-refractivity contribution in [1.82, 2.24) is 14.7 Å². The number of carbonyl (C=O) groups excluding carboxylic acids is 1. The summed E-state index contributed by atoms with van der Waals surface area (Å²) in [6.45, 7) is -0.0430. The Labute approximate surface area is 134 Å². The minimum atomic E-state index is -1.12. The molecule has 7 nitrogen and oxygen atoms in total. The van der Waals surface area contributed by atoms with Crippen LogP contribution in [0.1, 0.15) is 5.56 Å². The molecule has 3 heterocycles. The lowest BCUT2D eigenvalue weighted by atomic mass is 10.0. The third-order valence-electron chi connectivity index (χ3n) is 3.19. The lowest BCUT2D eigenvalue weighted by molar-refractivity contribution is -0.141. The number of nitrogens with zero attached hydrogens (tertiary/aromatic N) is 3. The summed E-state index contributed by atoms with van der Waals surface area (Å²) >= 11 is 2.59. The van der Waals surface area contributed by atoms with Crippen molar-refractivity contribution in [3.8, 4) is 0 Å². The molecule has 0 aromatic carbocycles. The number of hydrogen-bond acceptors (Lipinski definition) is 6. The van der Waals surface area contributed by atoms with Gasteiger partial charge in [0.25, 0.3) is 5.91 Å². The molecule has 1 amide bonds. The smallest absolute Gasteiger partial charge is 0.354 e. The maximum Gasteiger partial charge on any atom is 0.354 e. The van der Waals surface area contributed by atoms with Gasteiger partial charge in [-0.05, 0) is 6.08 Å². The SMILES string of the molecule is Cn1cc(/C=C2/C(=O)N3C(C(=O)O)=C(SCCO)SC23)cn1. The van der Waals surface area contributed by atoms with Crippen LogP contribution in [0.4, 0.5) is 0 Å². The normalized spacial score (nSPS) is 22.3. The first-order valence-corrected chi connectivity index (χ1v) is 8.31. The van der Waals surface area contributed by atoms with E-state index in [1.54, 1.807) is 30.2 Å². The fourth-order valence-corrected chi connectivity index (χ4v) is 4.77. The minimum Gasteiger partial charge on any atom is -0.477 e. The summed E-state index contributed by atoms with van der Waals surface area (Å²) in [5.41, 5.74) is 1.39. The molecule has 1 fully saturated rings. The van der Waals surface area contributed by atoms with Crippen LogP contribution in [0.5, 0.6) is 0 Å². The minimum absolute atomic E-state index is 0.0155. The quantitative estimate of drug-likeness (QED) is 0.602. The molecule has 116 valence electrons. The van der Waals surface area contributed by atoms with E-state index in [0.717, 1.165) is 5.56 Å². The van der Waals surface area contributed by atoms with Crippen molar-refractivity contribution in [2.75, 3.05) is 12.4 Å². The van der Waals surface area contributed by atoms with Crippen molar-refractivity contribution in [3.63, 3.8) is 0 Å². The average Bonchev–Trinajstić information content (AvgIpc) is 3.04. The topological polar surface area (TPSA) is 95.7 Å². The highest BCUT2D eigenvalue weighted by Gasteiger charge is 2.52. The number of carboxylic acid groups (broad SMARTS) is 1. The number of fused-ring (bicyclic) bond motifs is 1. The van der Waals surface area contributed by atoms with Crippen molar-refractivity contribution < 1.29 is 19.8 Å². The van der Waals surface area contributed by atoms with Crippen molar-refractivity contribution in [2.45, 2.75) is 5.37 Å². The number of aliphatic hydroxyl groups is 1. The predicted molar refractivity (Wildman–Crippen MR) is 83.6 cm³/mol. The number of rotatable bonds is 5. The van der Waals surface area contributed by atoms with Gasteiger partial charge in [0, 0.05) is 24.6 Å². The number of aryl methyl sites for hydroxylation is 1. The molecule has 0 bridgehead atoms. The maximum absolute atomic E-state index is 12.2. The van der Waals surface area contributed by atoms with Crippen LogP contribution >= 0.6 is 23.5 Å². The molecule has 1 aromatic rings. The van der Waals surface area contributed by atoms with Gasteiger partial charge in [-0.15, -0.1) is 11.8 Å². The number of aliphatic hydroxyl groups excluding tert-OH is 1. The van der Waals surface area contributed by atoms with E-state index < -0.39 is 5.97 Å². The lowest BCUT2D eigenvalue weighted by Crippen LogP contribution is -2.51. The average molecular weight is 339 g/mol. The van der Waals surface area contributed by atoms with Crippen LogP contribution in [0.2, 0.25) is 0 Å².